The summed E-state index contributed by atoms with van der Waals surface area (Å²) in [6.07, 6.45) is 1.80. The van der Waals surface area contributed by atoms with Crippen molar-refractivity contribution < 1.29 is 9.52 Å². The first-order valence-electron chi connectivity index (χ1n) is 6.39. The molecule has 0 aromatic carbocycles. The number of aliphatic hydroxyl groups is 1. The Bertz CT molecular complexity index is 385. The minimum absolute atomic E-state index is 0.0280. The van der Waals surface area contributed by atoms with Crippen molar-refractivity contribution in [3.05, 3.63) is 17.8 Å². The molecule has 0 aliphatic carbocycles. The fourth-order valence-electron chi connectivity index (χ4n) is 1.76. The van der Waals surface area contributed by atoms with Crippen LogP contribution < -0.4 is 0 Å². The van der Waals surface area contributed by atoms with Crippen LogP contribution in [0.5, 0.6) is 0 Å². The fraction of sp³-hybridized carbons (Fsp3) is 0.786. The molecule has 1 aromatic heterocycles. The van der Waals surface area contributed by atoms with Crippen molar-refractivity contribution in [3.63, 3.8) is 0 Å². The molecule has 0 radical (unpaired) electrons. The first-order chi connectivity index (χ1) is 8.00. The lowest BCUT2D eigenvalue weighted by Gasteiger charge is -2.28. The van der Waals surface area contributed by atoms with Crippen LogP contribution in [0.2, 0.25) is 0 Å². The summed E-state index contributed by atoms with van der Waals surface area (Å²) in [4.78, 5) is 6.38. The standard InChI is InChI=1S/C14H26N2O2/c1-10(16(7)9-14(5,6)17)12-15-8-11(18-12)13(2,3)4/h8,10,17H,9H2,1-7H3. The SMILES string of the molecule is CC(c1ncc(C(C)(C)C)o1)N(C)CC(C)(C)O. The third kappa shape index (κ3) is 4.10. The molecule has 0 aliphatic heterocycles. The highest BCUT2D eigenvalue weighted by atomic mass is 16.4. The van der Waals surface area contributed by atoms with E-state index in [0.717, 1.165) is 5.76 Å². The summed E-state index contributed by atoms with van der Waals surface area (Å²) < 4.78 is 5.81. The Morgan fingerprint density at radius 1 is 1.33 bits per heavy atom. The molecule has 1 atom stereocenters. The van der Waals surface area contributed by atoms with E-state index in [0.29, 0.717) is 12.4 Å². The zero-order chi connectivity index (χ0) is 14.1. The molecular formula is C14H26N2O2. The van der Waals surface area contributed by atoms with E-state index in [1.54, 1.807) is 20.0 Å². The Kier molecular flexibility index (Phi) is 4.23. The van der Waals surface area contributed by atoms with Crippen LogP contribution in [0.1, 0.15) is 59.2 Å². The van der Waals surface area contributed by atoms with E-state index < -0.39 is 5.60 Å². The number of oxazole rings is 1. The number of hydrogen-bond donors (Lipinski definition) is 1. The van der Waals surface area contributed by atoms with Gasteiger partial charge in [0, 0.05) is 12.0 Å². The Labute approximate surface area is 110 Å². The van der Waals surface area contributed by atoms with Gasteiger partial charge in [0.2, 0.25) is 5.89 Å². The first-order valence-corrected chi connectivity index (χ1v) is 6.39. The van der Waals surface area contributed by atoms with Gasteiger partial charge in [0.1, 0.15) is 5.76 Å². The maximum absolute atomic E-state index is 9.83. The highest BCUT2D eigenvalue weighted by Crippen LogP contribution is 2.27. The van der Waals surface area contributed by atoms with Crippen molar-refractivity contribution in [3.8, 4) is 0 Å². The van der Waals surface area contributed by atoms with Crippen LogP contribution in [-0.2, 0) is 5.41 Å². The van der Waals surface area contributed by atoms with Crippen molar-refractivity contribution in [1.82, 2.24) is 9.88 Å². The second-order valence-corrected chi connectivity index (χ2v) is 6.72. The van der Waals surface area contributed by atoms with Crippen molar-refractivity contribution in [2.24, 2.45) is 0 Å². The third-order valence-corrected chi connectivity index (χ3v) is 2.92. The minimum atomic E-state index is -0.720. The van der Waals surface area contributed by atoms with Gasteiger partial charge in [0.15, 0.2) is 0 Å². The smallest absolute Gasteiger partial charge is 0.211 e. The van der Waals surface area contributed by atoms with E-state index in [4.69, 9.17) is 4.42 Å². The molecule has 0 amide bonds. The second-order valence-electron chi connectivity index (χ2n) is 6.72. The van der Waals surface area contributed by atoms with E-state index >= 15 is 0 Å². The number of aromatic nitrogens is 1. The Hall–Kier alpha value is -0.870. The summed E-state index contributed by atoms with van der Waals surface area (Å²) in [5, 5.41) is 9.83. The molecule has 1 heterocycles. The van der Waals surface area contributed by atoms with Gasteiger partial charge in [0.05, 0.1) is 17.8 Å². The van der Waals surface area contributed by atoms with Crippen molar-refractivity contribution in [2.45, 2.75) is 58.6 Å². The molecule has 18 heavy (non-hydrogen) atoms. The summed E-state index contributed by atoms with van der Waals surface area (Å²) in [6, 6.07) is 0.0486. The van der Waals surface area contributed by atoms with Gasteiger partial charge in [-0.15, -0.1) is 0 Å². The molecular weight excluding hydrogens is 228 g/mol. The average Bonchev–Trinajstić information content (AvgIpc) is 2.61. The summed E-state index contributed by atoms with van der Waals surface area (Å²) in [5.74, 6) is 1.59. The van der Waals surface area contributed by atoms with Crippen LogP contribution in [0.15, 0.2) is 10.6 Å². The van der Waals surface area contributed by atoms with E-state index in [2.05, 4.69) is 25.8 Å². The Morgan fingerprint density at radius 2 is 1.89 bits per heavy atom. The van der Waals surface area contributed by atoms with E-state index in [9.17, 15) is 5.11 Å². The molecule has 0 aliphatic rings. The normalized spacial score (nSPS) is 15.2. The van der Waals surface area contributed by atoms with Gasteiger partial charge in [-0.2, -0.15) is 0 Å². The number of rotatable bonds is 4. The van der Waals surface area contributed by atoms with Crippen LogP contribution in [0, 0.1) is 0 Å². The predicted octanol–water partition coefficient (Wildman–Crippen LogP) is 2.74. The molecule has 0 spiro atoms. The molecule has 104 valence electrons. The quantitative estimate of drug-likeness (QED) is 0.897. The molecule has 0 fully saturated rings. The summed E-state index contributed by atoms with van der Waals surface area (Å²) in [6.45, 7) is 12.5. The van der Waals surface area contributed by atoms with Gasteiger partial charge in [-0.3, -0.25) is 4.90 Å². The van der Waals surface area contributed by atoms with Gasteiger partial charge >= 0.3 is 0 Å². The zero-order valence-electron chi connectivity index (χ0n) is 12.6. The molecule has 4 nitrogen and oxygen atoms in total. The van der Waals surface area contributed by atoms with E-state index in [-0.39, 0.29) is 11.5 Å². The lowest BCUT2D eigenvalue weighted by Crippen LogP contribution is -2.37. The van der Waals surface area contributed by atoms with Gasteiger partial charge in [-0.25, -0.2) is 4.98 Å². The summed E-state index contributed by atoms with van der Waals surface area (Å²) >= 11 is 0. The fourth-order valence-corrected chi connectivity index (χ4v) is 1.76. The molecule has 1 unspecified atom stereocenters. The Balaban J connectivity index is 2.78. The summed E-state index contributed by atoms with van der Waals surface area (Å²) in [5.41, 5.74) is -0.748. The molecule has 1 N–H and O–H groups in total. The number of nitrogens with zero attached hydrogens (tertiary/aromatic N) is 2. The highest BCUT2D eigenvalue weighted by molar-refractivity contribution is 5.07. The average molecular weight is 254 g/mol. The van der Waals surface area contributed by atoms with Crippen molar-refractivity contribution in [1.29, 1.82) is 0 Å². The summed E-state index contributed by atoms with van der Waals surface area (Å²) in [7, 11) is 1.96. The monoisotopic (exact) mass is 254 g/mol. The Morgan fingerprint density at radius 3 is 2.28 bits per heavy atom. The molecule has 0 saturated heterocycles. The van der Waals surface area contributed by atoms with Crippen LogP contribution in [0.4, 0.5) is 0 Å². The highest BCUT2D eigenvalue weighted by Gasteiger charge is 2.25. The molecule has 4 heteroatoms. The molecule has 1 aromatic rings. The van der Waals surface area contributed by atoms with Crippen LogP contribution >= 0.6 is 0 Å². The zero-order valence-corrected chi connectivity index (χ0v) is 12.6. The second kappa shape index (κ2) is 5.02. The van der Waals surface area contributed by atoms with Gasteiger partial charge < -0.3 is 9.52 Å². The van der Waals surface area contributed by atoms with Crippen molar-refractivity contribution >= 4 is 0 Å². The topological polar surface area (TPSA) is 49.5 Å². The maximum Gasteiger partial charge on any atom is 0.211 e. The number of likely N-dealkylation sites (N-methyl/N-ethyl adjacent to an activating group) is 1. The predicted molar refractivity (Wildman–Crippen MR) is 72.5 cm³/mol. The lowest BCUT2D eigenvalue weighted by atomic mass is 9.94. The van der Waals surface area contributed by atoms with E-state index in [1.165, 1.54) is 0 Å². The van der Waals surface area contributed by atoms with Crippen LogP contribution in [-0.4, -0.2) is 34.2 Å². The minimum Gasteiger partial charge on any atom is -0.443 e. The van der Waals surface area contributed by atoms with Crippen molar-refractivity contribution in [2.75, 3.05) is 13.6 Å². The van der Waals surface area contributed by atoms with E-state index in [1.807, 2.05) is 18.9 Å². The first kappa shape index (κ1) is 15.2. The molecule has 1 rings (SSSR count). The largest absolute Gasteiger partial charge is 0.443 e. The van der Waals surface area contributed by atoms with Crippen LogP contribution in [0.25, 0.3) is 0 Å². The van der Waals surface area contributed by atoms with Gasteiger partial charge in [-0.1, -0.05) is 20.8 Å². The lowest BCUT2D eigenvalue weighted by molar-refractivity contribution is 0.0295. The van der Waals surface area contributed by atoms with Gasteiger partial charge in [-0.05, 0) is 27.8 Å². The maximum atomic E-state index is 9.83. The molecule has 0 bridgehead atoms. The number of hydrogen-bond acceptors (Lipinski definition) is 4. The van der Waals surface area contributed by atoms with Gasteiger partial charge in [0.25, 0.3) is 0 Å². The molecule has 0 saturated carbocycles. The van der Waals surface area contributed by atoms with Crippen LogP contribution in [0.3, 0.4) is 0 Å². The third-order valence-electron chi connectivity index (χ3n) is 2.92.